The van der Waals surface area contributed by atoms with E-state index in [2.05, 4.69) is 50.3 Å². The number of phosphoric acid groups is 1. The van der Waals surface area contributed by atoms with Gasteiger partial charge < -0.3 is 27.9 Å². The summed E-state index contributed by atoms with van der Waals surface area (Å²) < 4.78 is 33.9. The molecule has 0 saturated carbocycles. The Hall–Kier alpha value is -1.77. The number of esters is 2. The van der Waals surface area contributed by atoms with Crippen LogP contribution in [0, 0.1) is 0 Å². The van der Waals surface area contributed by atoms with Crippen LogP contribution in [0.15, 0.2) is 36.5 Å². The van der Waals surface area contributed by atoms with Gasteiger partial charge in [0.25, 0.3) is 7.82 Å². The lowest BCUT2D eigenvalue weighted by Gasteiger charge is -2.28. The van der Waals surface area contributed by atoms with E-state index in [-0.39, 0.29) is 26.1 Å². The predicted molar refractivity (Wildman–Crippen MR) is 241 cm³/mol. The molecule has 0 aliphatic rings. The summed E-state index contributed by atoms with van der Waals surface area (Å²) in [5.41, 5.74) is 0. The number of nitrogens with zero attached hydrogens (tertiary/aromatic N) is 1. The number of quaternary nitrogens is 1. The third kappa shape index (κ3) is 43.8. The zero-order valence-electron chi connectivity index (χ0n) is 38.2. The molecule has 0 aliphatic heterocycles. The molecule has 58 heavy (non-hydrogen) atoms. The largest absolute Gasteiger partial charge is 0.756 e. The highest BCUT2D eigenvalue weighted by Crippen LogP contribution is 2.38. The molecule has 0 aliphatic carbocycles. The number of hydrogen-bond donors (Lipinski definition) is 0. The highest BCUT2D eigenvalue weighted by atomic mass is 31.2. The fourth-order valence-electron chi connectivity index (χ4n) is 6.40. The monoisotopic (exact) mass is 840 g/mol. The summed E-state index contributed by atoms with van der Waals surface area (Å²) in [5, 5.41) is 0. The van der Waals surface area contributed by atoms with Gasteiger partial charge in [-0.05, 0) is 64.2 Å². The van der Waals surface area contributed by atoms with Crippen molar-refractivity contribution in [1.29, 1.82) is 0 Å². The number of likely N-dealkylation sites (N-methyl/N-ethyl adjacent to an activating group) is 1. The van der Waals surface area contributed by atoms with Gasteiger partial charge in [0.1, 0.15) is 19.8 Å². The molecule has 0 aromatic heterocycles. The van der Waals surface area contributed by atoms with Crippen molar-refractivity contribution in [2.24, 2.45) is 0 Å². The van der Waals surface area contributed by atoms with Crippen LogP contribution in [0.25, 0.3) is 0 Å². The number of carbonyl (C=O) groups is 2. The van der Waals surface area contributed by atoms with E-state index in [1.165, 1.54) is 109 Å². The summed E-state index contributed by atoms with van der Waals surface area (Å²) in [6.07, 6.45) is 45.9. The highest BCUT2D eigenvalue weighted by molar-refractivity contribution is 7.45. The third-order valence-corrected chi connectivity index (χ3v) is 11.1. The van der Waals surface area contributed by atoms with Crippen LogP contribution in [0.5, 0.6) is 0 Å². The summed E-state index contributed by atoms with van der Waals surface area (Å²) in [5.74, 6) is -0.851. The van der Waals surface area contributed by atoms with Crippen molar-refractivity contribution in [3.05, 3.63) is 36.5 Å². The van der Waals surface area contributed by atoms with E-state index < -0.39 is 32.5 Å². The van der Waals surface area contributed by atoms with Crippen molar-refractivity contribution in [3.63, 3.8) is 0 Å². The van der Waals surface area contributed by atoms with Crippen LogP contribution in [-0.2, 0) is 32.7 Å². The van der Waals surface area contributed by atoms with Gasteiger partial charge in [-0.15, -0.1) is 0 Å². The maximum absolute atomic E-state index is 12.7. The fraction of sp³-hybridized carbons (Fsp3) is 0.833. The molecule has 0 fully saturated rings. The highest BCUT2D eigenvalue weighted by Gasteiger charge is 2.21. The Morgan fingerprint density at radius 1 is 0.534 bits per heavy atom. The number of rotatable bonds is 43. The molecule has 0 amide bonds. The number of hydrogen-bond acceptors (Lipinski definition) is 8. The van der Waals surface area contributed by atoms with Gasteiger partial charge in [0, 0.05) is 12.8 Å². The number of ether oxygens (including phenoxy) is 2. The molecule has 0 aromatic rings. The van der Waals surface area contributed by atoms with Crippen molar-refractivity contribution in [3.8, 4) is 0 Å². The summed E-state index contributed by atoms with van der Waals surface area (Å²) in [6, 6.07) is 0. The standard InChI is InChI=1S/C48H90NO8P/c1-6-8-10-12-14-16-18-20-22-23-24-25-27-29-31-33-35-37-39-41-48(51)57-46(45-56-58(52,53)55-43-42-49(3,4)5)44-54-47(50)40-38-36-34-32-30-28-26-21-19-17-15-13-11-9-7-2/h17,19-22,26,46H,6-16,18,23-25,27-45H2,1-5H3/b19-17+,22-20+,26-21+/t46-/m1/s1. The minimum atomic E-state index is -4.63. The molecule has 1 unspecified atom stereocenters. The Balaban J connectivity index is 4.32. The Morgan fingerprint density at radius 3 is 1.40 bits per heavy atom. The fourth-order valence-corrected chi connectivity index (χ4v) is 7.13. The van der Waals surface area contributed by atoms with E-state index in [9.17, 15) is 19.0 Å². The molecule has 9 nitrogen and oxygen atoms in total. The molecule has 340 valence electrons. The van der Waals surface area contributed by atoms with E-state index in [1.807, 2.05) is 21.1 Å². The van der Waals surface area contributed by atoms with Gasteiger partial charge in [-0.2, -0.15) is 0 Å². The first-order chi connectivity index (χ1) is 28.0. The average Bonchev–Trinajstić information content (AvgIpc) is 3.17. The van der Waals surface area contributed by atoms with Crippen LogP contribution in [-0.4, -0.2) is 70.0 Å². The van der Waals surface area contributed by atoms with Gasteiger partial charge in [-0.1, -0.05) is 166 Å². The van der Waals surface area contributed by atoms with Crippen LogP contribution < -0.4 is 4.89 Å². The Labute approximate surface area is 357 Å². The Bertz CT molecular complexity index is 1090. The Kier molecular flexibility index (Phi) is 39.4. The smallest absolute Gasteiger partial charge is 0.306 e. The first-order valence-corrected chi connectivity index (χ1v) is 25.2. The molecule has 0 spiro atoms. The van der Waals surface area contributed by atoms with E-state index >= 15 is 0 Å². The van der Waals surface area contributed by atoms with Crippen molar-refractivity contribution < 1.29 is 42.1 Å². The summed E-state index contributed by atoms with van der Waals surface area (Å²) in [4.78, 5) is 37.6. The molecule has 2 atom stereocenters. The van der Waals surface area contributed by atoms with Gasteiger partial charge in [0.15, 0.2) is 6.10 Å². The van der Waals surface area contributed by atoms with Gasteiger partial charge in [0.2, 0.25) is 0 Å². The van der Waals surface area contributed by atoms with E-state index in [0.29, 0.717) is 23.9 Å². The lowest BCUT2D eigenvalue weighted by Crippen LogP contribution is -2.37. The van der Waals surface area contributed by atoms with Gasteiger partial charge >= 0.3 is 11.9 Å². The third-order valence-electron chi connectivity index (χ3n) is 10.2. The topological polar surface area (TPSA) is 111 Å². The van der Waals surface area contributed by atoms with Gasteiger partial charge in [-0.3, -0.25) is 14.2 Å². The van der Waals surface area contributed by atoms with Crippen LogP contribution in [0.1, 0.15) is 206 Å². The van der Waals surface area contributed by atoms with Crippen LogP contribution in [0.3, 0.4) is 0 Å². The zero-order chi connectivity index (χ0) is 42.8. The van der Waals surface area contributed by atoms with Crippen LogP contribution >= 0.6 is 7.82 Å². The first kappa shape index (κ1) is 56.2. The summed E-state index contributed by atoms with van der Waals surface area (Å²) in [6.45, 7) is 4.20. The van der Waals surface area contributed by atoms with Gasteiger partial charge in [0.05, 0.1) is 27.7 Å². The number of phosphoric ester groups is 1. The van der Waals surface area contributed by atoms with Crippen LogP contribution in [0.4, 0.5) is 0 Å². The van der Waals surface area contributed by atoms with Crippen molar-refractivity contribution in [2.75, 3.05) is 47.5 Å². The predicted octanol–water partition coefficient (Wildman–Crippen LogP) is 13.1. The normalized spacial score (nSPS) is 13.8. The van der Waals surface area contributed by atoms with Crippen LogP contribution in [0.2, 0.25) is 0 Å². The molecule has 0 saturated heterocycles. The minimum absolute atomic E-state index is 0.0337. The quantitative estimate of drug-likeness (QED) is 0.0149. The summed E-state index contributed by atoms with van der Waals surface area (Å²) in [7, 11) is 1.16. The van der Waals surface area contributed by atoms with Crippen molar-refractivity contribution in [2.45, 2.75) is 213 Å². The zero-order valence-corrected chi connectivity index (χ0v) is 39.1. The molecule has 0 N–H and O–H groups in total. The second-order valence-electron chi connectivity index (χ2n) is 17.1. The number of carbonyl (C=O) groups excluding carboxylic acids is 2. The number of allylic oxidation sites excluding steroid dienone is 6. The lowest BCUT2D eigenvalue weighted by molar-refractivity contribution is -0.870. The maximum Gasteiger partial charge on any atom is 0.306 e. The van der Waals surface area contributed by atoms with E-state index in [0.717, 1.165) is 57.8 Å². The molecule has 0 aromatic carbocycles. The average molecular weight is 840 g/mol. The SMILES string of the molecule is CCCCCC/C=C/C=C/CCCCCCCC(=O)OC[C@H](COP(=O)([O-])OCC[N+](C)(C)C)OC(=O)CCCCCCCCCCC/C=C/CCCCCCCC. The Morgan fingerprint density at radius 2 is 0.931 bits per heavy atom. The first-order valence-electron chi connectivity index (χ1n) is 23.7. The second kappa shape index (κ2) is 40.6. The van der Waals surface area contributed by atoms with Crippen molar-refractivity contribution >= 4 is 19.8 Å². The number of unbranched alkanes of at least 4 members (excludes halogenated alkanes) is 24. The molecular weight excluding hydrogens is 750 g/mol. The minimum Gasteiger partial charge on any atom is -0.756 e. The molecule has 10 heteroatoms. The van der Waals surface area contributed by atoms with E-state index in [1.54, 1.807) is 0 Å². The molecular formula is C48H90NO8P. The van der Waals surface area contributed by atoms with E-state index in [4.69, 9.17) is 18.5 Å². The maximum atomic E-state index is 12.7. The molecule has 0 bridgehead atoms. The molecule has 0 radical (unpaired) electrons. The second-order valence-corrected chi connectivity index (χ2v) is 18.6. The summed E-state index contributed by atoms with van der Waals surface area (Å²) >= 11 is 0. The lowest BCUT2D eigenvalue weighted by atomic mass is 10.1. The van der Waals surface area contributed by atoms with Gasteiger partial charge in [-0.25, -0.2) is 0 Å². The van der Waals surface area contributed by atoms with Crippen molar-refractivity contribution in [1.82, 2.24) is 0 Å². The molecule has 0 rings (SSSR count). The molecule has 0 heterocycles.